The quantitative estimate of drug-likeness (QED) is 0.145. The van der Waals surface area contributed by atoms with Crippen molar-refractivity contribution in [2.45, 2.75) is 26.7 Å². The van der Waals surface area contributed by atoms with E-state index in [9.17, 15) is 4.79 Å². The van der Waals surface area contributed by atoms with Crippen molar-refractivity contribution in [2.75, 3.05) is 39.0 Å². The Balaban J connectivity index is 0.00000316. The number of rotatable bonds is 14. The molecule has 0 aliphatic heterocycles. The van der Waals surface area contributed by atoms with Crippen molar-refractivity contribution in [3.8, 4) is 0 Å². The van der Waals surface area contributed by atoms with Crippen LogP contribution in [0.4, 0.5) is 5.69 Å². The lowest BCUT2D eigenvalue weighted by atomic mass is 10.0. The number of amides is 1. The van der Waals surface area contributed by atoms with Gasteiger partial charge in [0.1, 0.15) is 18.3 Å². The average molecular weight is 512 g/mol. The Hall–Kier alpha value is -3.19. The van der Waals surface area contributed by atoms with Crippen LogP contribution in [0, 0.1) is 0 Å². The normalized spacial score (nSPS) is 11.8. The number of hydrogen-bond donors (Lipinski definition) is 2. The largest absolute Gasteiger partial charge is 0.461 e. The van der Waals surface area contributed by atoms with Crippen molar-refractivity contribution < 1.29 is 14.3 Å². The molecule has 0 unspecified atom stereocenters. The lowest BCUT2D eigenvalue weighted by Gasteiger charge is -2.18. The van der Waals surface area contributed by atoms with Crippen LogP contribution in [0.15, 0.2) is 67.0 Å². The summed E-state index contributed by atoms with van der Waals surface area (Å²) in [5, 5.41) is 6.51. The Kier molecular flexibility index (Phi) is 14.8. The number of halogens is 1. The SMILES string of the molecule is C=C/C=C(\O/C(C)=C(/C)c1cc(Cl)ccc1NC=O)c1cccc(CCN(C)CCCNC)c1.C=O. The molecule has 0 aliphatic rings. The number of likely N-dealkylation sites (N-methyl/N-ethyl adjacent to an activating group) is 1. The van der Waals surface area contributed by atoms with Gasteiger partial charge in [-0.3, -0.25) is 4.79 Å². The van der Waals surface area contributed by atoms with Gasteiger partial charge in [-0.1, -0.05) is 42.5 Å². The predicted octanol–water partition coefficient (Wildman–Crippen LogP) is 5.80. The van der Waals surface area contributed by atoms with Crippen LogP contribution in [0.25, 0.3) is 11.3 Å². The Morgan fingerprint density at radius 1 is 1.14 bits per heavy atom. The molecular weight excluding hydrogens is 474 g/mol. The van der Waals surface area contributed by atoms with Crippen LogP contribution in [0.2, 0.25) is 5.02 Å². The molecule has 2 rings (SSSR count). The molecule has 2 aromatic carbocycles. The first-order chi connectivity index (χ1) is 17.4. The summed E-state index contributed by atoms with van der Waals surface area (Å²) in [7, 11) is 4.14. The molecule has 0 aliphatic carbocycles. The van der Waals surface area contributed by atoms with Gasteiger partial charge in [0, 0.05) is 28.4 Å². The molecule has 0 atom stereocenters. The molecule has 0 bridgehead atoms. The highest BCUT2D eigenvalue weighted by Gasteiger charge is 2.12. The number of allylic oxidation sites excluding steroid dienone is 4. The third-order valence-corrected chi connectivity index (χ3v) is 5.86. The van der Waals surface area contributed by atoms with Gasteiger partial charge in [0.05, 0.1) is 0 Å². The third-order valence-electron chi connectivity index (χ3n) is 5.62. The van der Waals surface area contributed by atoms with Crippen LogP contribution in [0.5, 0.6) is 0 Å². The van der Waals surface area contributed by atoms with Gasteiger partial charge in [-0.25, -0.2) is 0 Å². The fourth-order valence-corrected chi connectivity index (χ4v) is 3.75. The lowest BCUT2D eigenvalue weighted by Crippen LogP contribution is -2.25. The first-order valence-electron chi connectivity index (χ1n) is 11.8. The number of ether oxygens (including phenoxy) is 1. The molecule has 6 nitrogen and oxygen atoms in total. The molecule has 36 heavy (non-hydrogen) atoms. The molecule has 0 fully saturated rings. The Morgan fingerprint density at radius 2 is 1.89 bits per heavy atom. The summed E-state index contributed by atoms with van der Waals surface area (Å²) in [5.41, 5.74) is 4.60. The van der Waals surface area contributed by atoms with E-state index in [0.717, 1.165) is 49.2 Å². The second-order valence-electron chi connectivity index (χ2n) is 8.21. The van der Waals surface area contributed by atoms with E-state index in [2.05, 4.69) is 47.4 Å². The van der Waals surface area contributed by atoms with E-state index in [1.165, 1.54) is 5.56 Å². The van der Waals surface area contributed by atoms with Crippen molar-refractivity contribution in [3.63, 3.8) is 0 Å². The maximum absolute atomic E-state index is 11.0. The minimum atomic E-state index is 0.587. The summed E-state index contributed by atoms with van der Waals surface area (Å²) in [6.07, 6.45) is 6.33. The first-order valence-corrected chi connectivity index (χ1v) is 12.2. The van der Waals surface area contributed by atoms with E-state index in [1.807, 2.05) is 45.9 Å². The molecule has 0 heterocycles. The number of nitrogens with one attached hydrogen (secondary N) is 2. The minimum absolute atomic E-state index is 0.587. The van der Waals surface area contributed by atoms with Crippen molar-refractivity contribution in [3.05, 3.63) is 88.7 Å². The Bertz CT molecular complexity index is 1050. The molecule has 0 saturated heterocycles. The first kappa shape index (κ1) is 30.8. The fourth-order valence-electron chi connectivity index (χ4n) is 3.58. The molecule has 7 heteroatoms. The molecule has 0 saturated carbocycles. The minimum Gasteiger partial charge on any atom is -0.461 e. The average Bonchev–Trinajstić information content (AvgIpc) is 2.89. The summed E-state index contributed by atoms with van der Waals surface area (Å²) in [6.45, 7) is 12.8. The zero-order chi connectivity index (χ0) is 26.9. The summed E-state index contributed by atoms with van der Waals surface area (Å²) in [6, 6.07) is 13.7. The topological polar surface area (TPSA) is 70.7 Å². The van der Waals surface area contributed by atoms with E-state index < -0.39 is 0 Å². The number of benzene rings is 2. The van der Waals surface area contributed by atoms with Crippen LogP contribution in [-0.4, -0.2) is 51.8 Å². The highest BCUT2D eigenvalue weighted by atomic mass is 35.5. The van der Waals surface area contributed by atoms with E-state index in [0.29, 0.717) is 28.6 Å². The molecular formula is C29H38ClN3O3. The van der Waals surface area contributed by atoms with Gasteiger partial charge in [0.15, 0.2) is 0 Å². The van der Waals surface area contributed by atoms with Gasteiger partial charge in [-0.15, -0.1) is 0 Å². The number of anilines is 1. The van der Waals surface area contributed by atoms with Gasteiger partial charge in [0.2, 0.25) is 6.41 Å². The van der Waals surface area contributed by atoms with E-state index in [-0.39, 0.29) is 0 Å². The van der Waals surface area contributed by atoms with Gasteiger partial charge in [-0.2, -0.15) is 0 Å². The second kappa shape index (κ2) is 17.3. The number of nitrogens with zero attached hydrogens (tertiary/aromatic N) is 1. The summed E-state index contributed by atoms with van der Waals surface area (Å²) in [4.78, 5) is 21.4. The molecule has 0 radical (unpaired) electrons. The van der Waals surface area contributed by atoms with E-state index in [4.69, 9.17) is 21.1 Å². The number of hydrogen-bond acceptors (Lipinski definition) is 5. The maximum Gasteiger partial charge on any atom is 0.211 e. The van der Waals surface area contributed by atoms with Crippen molar-refractivity contribution in [2.24, 2.45) is 0 Å². The zero-order valence-corrected chi connectivity index (χ0v) is 22.5. The third kappa shape index (κ3) is 10.2. The van der Waals surface area contributed by atoms with Gasteiger partial charge in [0.25, 0.3) is 0 Å². The van der Waals surface area contributed by atoms with Crippen LogP contribution in [-0.2, 0) is 20.7 Å². The van der Waals surface area contributed by atoms with Gasteiger partial charge in [-0.05, 0) is 95.4 Å². The second-order valence-corrected chi connectivity index (χ2v) is 8.65. The summed E-state index contributed by atoms with van der Waals surface area (Å²) in [5.74, 6) is 1.42. The van der Waals surface area contributed by atoms with Crippen LogP contribution < -0.4 is 10.6 Å². The number of carbonyl (C=O) groups is 2. The molecule has 2 N–H and O–H groups in total. The van der Waals surface area contributed by atoms with Crippen molar-refractivity contribution in [1.82, 2.24) is 10.2 Å². The predicted molar refractivity (Wildman–Crippen MR) is 152 cm³/mol. The molecule has 0 aromatic heterocycles. The van der Waals surface area contributed by atoms with Crippen LogP contribution in [0.1, 0.15) is 37.0 Å². The van der Waals surface area contributed by atoms with Crippen LogP contribution in [0.3, 0.4) is 0 Å². The smallest absolute Gasteiger partial charge is 0.211 e. The zero-order valence-electron chi connectivity index (χ0n) is 21.8. The Morgan fingerprint density at radius 3 is 2.56 bits per heavy atom. The van der Waals surface area contributed by atoms with Gasteiger partial charge < -0.3 is 25.1 Å². The molecule has 0 spiro atoms. The monoisotopic (exact) mass is 511 g/mol. The van der Waals surface area contributed by atoms with Crippen molar-refractivity contribution in [1.29, 1.82) is 0 Å². The number of carbonyl (C=O) groups excluding carboxylic acids is 2. The molecule has 2 aromatic rings. The highest BCUT2D eigenvalue weighted by molar-refractivity contribution is 6.30. The lowest BCUT2D eigenvalue weighted by molar-refractivity contribution is -0.105. The van der Waals surface area contributed by atoms with E-state index in [1.54, 1.807) is 18.2 Å². The Labute approximate surface area is 220 Å². The highest BCUT2D eigenvalue weighted by Crippen LogP contribution is 2.31. The summed E-state index contributed by atoms with van der Waals surface area (Å²) < 4.78 is 6.31. The maximum atomic E-state index is 11.0. The van der Waals surface area contributed by atoms with Crippen molar-refractivity contribution >= 4 is 41.8 Å². The summed E-state index contributed by atoms with van der Waals surface area (Å²) >= 11 is 6.21. The van der Waals surface area contributed by atoms with Crippen LogP contribution >= 0.6 is 11.6 Å². The van der Waals surface area contributed by atoms with E-state index >= 15 is 0 Å². The van der Waals surface area contributed by atoms with Gasteiger partial charge >= 0.3 is 0 Å². The standard InChI is InChI=1S/C28H36ClN3O2.CH2O/c1-6-9-28(24-11-7-10-23(18-24)14-17-32(5)16-8-15-30-4)34-22(3)21(2)26-19-25(29)12-13-27(26)31-20-33;1-2/h6-7,9-13,18-20,30H,1,8,14-17H2,2-5H3,(H,31,33);1H2/b22-21-,28-9-;. The fraction of sp³-hybridized carbons (Fsp3) is 0.310. The molecule has 1 amide bonds. The molecule has 194 valence electrons.